The molecule has 2 fully saturated rings. The Balaban J connectivity index is 1.31. The number of likely N-dealkylation sites (tertiary alicyclic amines) is 1. The van der Waals surface area contributed by atoms with Crippen LogP contribution in [0.1, 0.15) is 70.8 Å². The number of piperidine rings is 1. The van der Waals surface area contributed by atoms with Crippen LogP contribution in [0.4, 0.5) is 5.69 Å². The number of aromatic amines is 1. The van der Waals surface area contributed by atoms with E-state index in [-0.39, 0.29) is 17.7 Å². The number of nitrogens with one attached hydrogen (secondary N) is 4. The van der Waals surface area contributed by atoms with E-state index in [1.54, 1.807) is 6.20 Å². The first-order valence-electron chi connectivity index (χ1n) is 12.6. The minimum absolute atomic E-state index is 0.113. The van der Waals surface area contributed by atoms with Crippen LogP contribution in [-0.2, 0) is 9.59 Å². The number of carbonyl (C=O) groups is 3. The van der Waals surface area contributed by atoms with Crippen LogP contribution in [0, 0.1) is 6.92 Å². The highest BCUT2D eigenvalue weighted by Crippen LogP contribution is 2.41. The zero-order valence-electron chi connectivity index (χ0n) is 20.2. The molecule has 2 saturated heterocycles. The second-order valence-electron chi connectivity index (χ2n) is 9.64. The van der Waals surface area contributed by atoms with E-state index in [2.05, 4.69) is 27.0 Å². The number of hydrogen-bond acceptors (Lipinski definition) is 4. The van der Waals surface area contributed by atoms with Crippen molar-refractivity contribution < 1.29 is 14.4 Å². The van der Waals surface area contributed by atoms with Crippen molar-refractivity contribution in [2.24, 2.45) is 0 Å². The van der Waals surface area contributed by atoms with Crippen molar-refractivity contribution in [1.82, 2.24) is 20.5 Å². The molecular formula is C27H33N5O3. The molecule has 3 amide bonds. The van der Waals surface area contributed by atoms with Crippen LogP contribution in [0.3, 0.4) is 0 Å². The Hall–Kier alpha value is -3.39. The molecule has 0 bridgehead atoms. The number of amides is 3. The predicted octanol–water partition coefficient (Wildman–Crippen LogP) is 3.03. The van der Waals surface area contributed by atoms with Gasteiger partial charge >= 0.3 is 0 Å². The lowest BCUT2D eigenvalue weighted by Gasteiger charge is -2.25. The molecule has 4 heterocycles. The maximum Gasteiger partial charge on any atom is 0.256 e. The molecule has 1 aromatic carbocycles. The summed E-state index contributed by atoms with van der Waals surface area (Å²) in [4.78, 5) is 42.5. The molecule has 0 unspecified atom stereocenters. The van der Waals surface area contributed by atoms with Crippen LogP contribution in [0.2, 0.25) is 0 Å². The van der Waals surface area contributed by atoms with Gasteiger partial charge in [-0.2, -0.15) is 0 Å². The Bertz CT molecular complexity index is 1180. The third-order valence-corrected chi connectivity index (χ3v) is 7.41. The molecular weight excluding hydrogens is 442 g/mol. The first-order valence-corrected chi connectivity index (χ1v) is 12.6. The Morgan fingerprint density at radius 1 is 1.23 bits per heavy atom. The molecule has 1 aromatic heterocycles. The highest BCUT2D eigenvalue weighted by Gasteiger charge is 2.30. The van der Waals surface area contributed by atoms with Gasteiger partial charge in [-0.3, -0.25) is 14.4 Å². The summed E-state index contributed by atoms with van der Waals surface area (Å²) in [6.07, 6.45) is 7.97. The van der Waals surface area contributed by atoms with E-state index < -0.39 is 0 Å². The summed E-state index contributed by atoms with van der Waals surface area (Å²) in [5.74, 6) is 0.362. The Morgan fingerprint density at radius 2 is 2.06 bits per heavy atom. The average molecular weight is 476 g/mol. The number of aromatic nitrogens is 1. The summed E-state index contributed by atoms with van der Waals surface area (Å²) in [6.45, 7) is 5.87. The van der Waals surface area contributed by atoms with Crippen molar-refractivity contribution in [2.45, 2.75) is 44.9 Å². The van der Waals surface area contributed by atoms with Gasteiger partial charge in [-0.1, -0.05) is 12.1 Å². The van der Waals surface area contributed by atoms with Gasteiger partial charge in [0.1, 0.15) is 0 Å². The van der Waals surface area contributed by atoms with E-state index in [4.69, 9.17) is 0 Å². The lowest BCUT2D eigenvalue weighted by Crippen LogP contribution is -2.30. The minimum atomic E-state index is -0.150. The number of fused-ring (bicyclic) bond motifs is 1. The van der Waals surface area contributed by atoms with Crippen molar-refractivity contribution in [3.63, 3.8) is 0 Å². The van der Waals surface area contributed by atoms with Crippen LogP contribution < -0.4 is 16.0 Å². The van der Waals surface area contributed by atoms with Crippen molar-refractivity contribution in [3.05, 3.63) is 52.3 Å². The molecule has 8 nitrogen and oxygen atoms in total. The summed E-state index contributed by atoms with van der Waals surface area (Å²) in [5, 5.41) is 9.38. The zero-order valence-corrected chi connectivity index (χ0v) is 20.2. The van der Waals surface area contributed by atoms with Crippen LogP contribution in [-0.4, -0.2) is 60.3 Å². The second kappa shape index (κ2) is 10.1. The number of hydrogen-bond donors (Lipinski definition) is 4. The fourth-order valence-electron chi connectivity index (χ4n) is 5.44. The summed E-state index contributed by atoms with van der Waals surface area (Å²) in [5.41, 5.74) is 5.84. The quantitative estimate of drug-likeness (QED) is 0.365. The second-order valence-corrected chi connectivity index (χ2v) is 9.64. The smallest absolute Gasteiger partial charge is 0.256 e. The van der Waals surface area contributed by atoms with E-state index in [0.717, 1.165) is 67.8 Å². The molecule has 0 spiro atoms. The molecule has 0 radical (unpaired) electrons. The summed E-state index contributed by atoms with van der Waals surface area (Å²) < 4.78 is 0. The van der Waals surface area contributed by atoms with Gasteiger partial charge in [-0.15, -0.1) is 0 Å². The van der Waals surface area contributed by atoms with E-state index in [9.17, 15) is 14.4 Å². The molecule has 0 atom stereocenters. The van der Waals surface area contributed by atoms with Crippen molar-refractivity contribution >= 4 is 35.1 Å². The van der Waals surface area contributed by atoms with E-state index in [1.165, 1.54) is 5.56 Å². The fourth-order valence-corrected chi connectivity index (χ4v) is 5.44. The molecule has 8 heteroatoms. The molecule has 4 N–H and O–H groups in total. The lowest BCUT2D eigenvalue weighted by molar-refractivity contribution is -0.127. The van der Waals surface area contributed by atoms with Gasteiger partial charge in [0.2, 0.25) is 5.91 Å². The van der Waals surface area contributed by atoms with Gasteiger partial charge in [-0.25, -0.2) is 0 Å². The van der Waals surface area contributed by atoms with Gasteiger partial charge in [0.15, 0.2) is 0 Å². The maximum atomic E-state index is 12.9. The topological polar surface area (TPSA) is 106 Å². The standard InChI is InChI=1S/C27H33N5O3/c1-17-21(26(34)29-10-4-14-32-13-3-7-24(32)33)16-30-23(17)15-20-25-19(18-8-11-28-12-9-18)5-2-6-22(25)31-27(20)35/h2,5-6,15-16,18,28,30H,3-4,7-14H2,1H3,(H,29,34)(H,31,35)/b20-15-. The number of rotatable bonds is 7. The normalized spacial score (nSPS) is 19.3. The number of benzene rings is 1. The van der Waals surface area contributed by atoms with Crippen molar-refractivity contribution in [1.29, 1.82) is 0 Å². The van der Waals surface area contributed by atoms with E-state index >= 15 is 0 Å². The number of carbonyl (C=O) groups excluding carboxylic acids is 3. The maximum absolute atomic E-state index is 12.9. The molecule has 0 saturated carbocycles. The van der Waals surface area contributed by atoms with Gasteiger partial charge in [0, 0.05) is 49.2 Å². The Morgan fingerprint density at radius 3 is 2.83 bits per heavy atom. The van der Waals surface area contributed by atoms with Crippen molar-refractivity contribution in [2.75, 3.05) is 38.0 Å². The average Bonchev–Trinajstić information content (AvgIpc) is 3.54. The van der Waals surface area contributed by atoms with Crippen LogP contribution in [0.25, 0.3) is 11.6 Å². The number of nitrogens with zero attached hydrogens (tertiary/aromatic N) is 1. The summed E-state index contributed by atoms with van der Waals surface area (Å²) in [6, 6.07) is 6.11. The lowest BCUT2D eigenvalue weighted by atomic mass is 9.85. The largest absolute Gasteiger partial charge is 0.361 e. The van der Waals surface area contributed by atoms with Crippen molar-refractivity contribution in [3.8, 4) is 0 Å². The summed E-state index contributed by atoms with van der Waals surface area (Å²) >= 11 is 0. The monoisotopic (exact) mass is 475 g/mol. The van der Waals surface area contributed by atoms with E-state index in [1.807, 2.05) is 30.0 Å². The van der Waals surface area contributed by atoms with Gasteiger partial charge in [0.05, 0.1) is 11.1 Å². The molecule has 3 aliphatic rings. The first-order chi connectivity index (χ1) is 17.0. The van der Waals surface area contributed by atoms with Crippen LogP contribution >= 0.6 is 0 Å². The Labute approximate surface area is 205 Å². The van der Waals surface area contributed by atoms with Crippen LogP contribution in [0.5, 0.6) is 0 Å². The Kier molecular flexibility index (Phi) is 6.72. The first kappa shape index (κ1) is 23.4. The molecule has 2 aromatic rings. The van der Waals surface area contributed by atoms with Gasteiger partial charge in [0.25, 0.3) is 11.8 Å². The highest BCUT2D eigenvalue weighted by atomic mass is 16.2. The summed E-state index contributed by atoms with van der Waals surface area (Å²) in [7, 11) is 0. The minimum Gasteiger partial charge on any atom is -0.361 e. The molecule has 0 aliphatic carbocycles. The van der Waals surface area contributed by atoms with Crippen LogP contribution in [0.15, 0.2) is 24.4 Å². The fraction of sp³-hybridized carbons (Fsp3) is 0.444. The highest BCUT2D eigenvalue weighted by molar-refractivity contribution is 6.35. The molecule has 3 aliphatic heterocycles. The third kappa shape index (κ3) is 4.75. The molecule has 5 rings (SSSR count). The third-order valence-electron chi connectivity index (χ3n) is 7.41. The van der Waals surface area contributed by atoms with Gasteiger partial charge < -0.3 is 25.8 Å². The SMILES string of the molecule is Cc1c(C(=O)NCCCN2CCCC2=O)c[nH]c1/C=C1\C(=O)Nc2cccc(C3CCNCC3)c21. The van der Waals surface area contributed by atoms with Gasteiger partial charge in [-0.05, 0) is 74.9 Å². The molecule has 184 valence electrons. The number of H-pyrrole nitrogens is 1. The van der Waals surface area contributed by atoms with E-state index in [0.29, 0.717) is 36.6 Å². The number of anilines is 1. The zero-order chi connectivity index (χ0) is 24.4. The predicted molar refractivity (Wildman–Crippen MR) is 136 cm³/mol. The molecule has 35 heavy (non-hydrogen) atoms.